The van der Waals surface area contributed by atoms with Gasteiger partial charge >= 0.3 is 0 Å². The van der Waals surface area contributed by atoms with Gasteiger partial charge in [0.05, 0.1) is 0 Å². The first kappa shape index (κ1) is 10.1. The number of hydrogen-bond acceptors (Lipinski definition) is 4. The summed E-state index contributed by atoms with van der Waals surface area (Å²) in [6, 6.07) is 0. The predicted octanol–water partition coefficient (Wildman–Crippen LogP) is 1.05. The number of anilines is 1. The van der Waals surface area contributed by atoms with Gasteiger partial charge in [0.15, 0.2) is 0 Å². The zero-order valence-electron chi connectivity index (χ0n) is 8.76. The van der Waals surface area contributed by atoms with Crippen LogP contribution in [-0.4, -0.2) is 29.6 Å². The molecule has 80 valence electrons. The molecule has 4 nitrogen and oxygen atoms in total. The molecule has 2 N–H and O–H groups in total. The summed E-state index contributed by atoms with van der Waals surface area (Å²) in [6.07, 6.45) is 10.0. The van der Waals surface area contributed by atoms with Crippen LogP contribution in [0.3, 0.4) is 0 Å². The summed E-state index contributed by atoms with van der Waals surface area (Å²) < 4.78 is 0. The highest BCUT2D eigenvalue weighted by atomic mass is 15.3. The van der Waals surface area contributed by atoms with Crippen molar-refractivity contribution in [3.63, 3.8) is 0 Å². The number of hydrogen-bond donors (Lipinski definition) is 1. The topological polar surface area (TPSA) is 55.0 Å². The summed E-state index contributed by atoms with van der Waals surface area (Å²) in [5, 5.41) is 0. The van der Waals surface area contributed by atoms with Crippen LogP contribution < -0.4 is 10.6 Å². The highest BCUT2D eigenvalue weighted by Crippen LogP contribution is 2.14. The van der Waals surface area contributed by atoms with E-state index in [1.165, 1.54) is 12.8 Å². The van der Waals surface area contributed by atoms with Gasteiger partial charge in [0.1, 0.15) is 0 Å². The van der Waals surface area contributed by atoms with Gasteiger partial charge in [0.25, 0.3) is 0 Å². The average Bonchev–Trinajstić information content (AvgIpc) is 2.80. The Balaban J connectivity index is 2.06. The van der Waals surface area contributed by atoms with Crippen molar-refractivity contribution < 1.29 is 0 Å². The van der Waals surface area contributed by atoms with Crippen molar-refractivity contribution in [3.05, 3.63) is 24.0 Å². The fourth-order valence-electron chi connectivity index (χ4n) is 1.70. The van der Waals surface area contributed by atoms with Crippen molar-refractivity contribution in [3.8, 4) is 0 Å². The van der Waals surface area contributed by atoms with E-state index >= 15 is 0 Å². The largest absolute Gasteiger partial charge is 0.341 e. The van der Waals surface area contributed by atoms with Gasteiger partial charge in [-0.15, -0.1) is 0 Å². The second kappa shape index (κ2) is 4.89. The summed E-state index contributed by atoms with van der Waals surface area (Å²) in [7, 11) is 0. The van der Waals surface area contributed by atoms with E-state index in [1.54, 1.807) is 0 Å². The number of nitrogens with two attached hydrogens (primary N) is 1. The number of nitrogens with zero attached hydrogens (tertiary/aromatic N) is 3. The van der Waals surface area contributed by atoms with Crippen molar-refractivity contribution in [2.45, 2.75) is 12.8 Å². The molecule has 0 amide bonds. The lowest BCUT2D eigenvalue weighted by Crippen LogP contribution is -2.20. The molecule has 1 aliphatic heterocycles. The lowest BCUT2D eigenvalue weighted by Gasteiger charge is -2.14. The zero-order chi connectivity index (χ0) is 10.5. The molecule has 1 aromatic heterocycles. The van der Waals surface area contributed by atoms with Crippen molar-refractivity contribution in [1.29, 1.82) is 0 Å². The van der Waals surface area contributed by atoms with E-state index in [0.717, 1.165) is 24.6 Å². The second-order valence-electron chi connectivity index (χ2n) is 3.65. The highest BCUT2D eigenvalue weighted by molar-refractivity contribution is 5.48. The molecule has 1 aliphatic rings. The maximum absolute atomic E-state index is 5.37. The van der Waals surface area contributed by atoms with Crippen LogP contribution in [0.25, 0.3) is 6.08 Å². The molecule has 2 rings (SSSR count). The van der Waals surface area contributed by atoms with E-state index < -0.39 is 0 Å². The first-order chi connectivity index (χ1) is 7.40. The molecule has 1 saturated heterocycles. The molecule has 0 radical (unpaired) electrons. The van der Waals surface area contributed by atoms with Gasteiger partial charge in [0, 0.05) is 37.6 Å². The average molecular weight is 204 g/mol. The molecule has 0 aromatic carbocycles. The molecule has 1 aromatic rings. The minimum atomic E-state index is 0.549. The Morgan fingerprint density at radius 2 is 1.93 bits per heavy atom. The van der Waals surface area contributed by atoms with E-state index in [0.29, 0.717) is 6.54 Å². The van der Waals surface area contributed by atoms with Gasteiger partial charge in [-0.3, -0.25) is 0 Å². The molecular formula is C11H16N4. The number of rotatable bonds is 3. The van der Waals surface area contributed by atoms with Crippen LogP contribution in [-0.2, 0) is 0 Å². The molecule has 4 heteroatoms. The van der Waals surface area contributed by atoms with Crippen LogP contribution >= 0.6 is 0 Å². The quantitative estimate of drug-likeness (QED) is 0.799. The molecular weight excluding hydrogens is 188 g/mol. The van der Waals surface area contributed by atoms with Crippen LogP contribution in [0.15, 0.2) is 18.5 Å². The van der Waals surface area contributed by atoms with Gasteiger partial charge < -0.3 is 10.6 Å². The Labute approximate surface area is 89.8 Å². The van der Waals surface area contributed by atoms with Crippen LogP contribution in [0.5, 0.6) is 0 Å². The van der Waals surface area contributed by atoms with Crippen molar-refractivity contribution in [2.75, 3.05) is 24.5 Å². The Kier molecular flexibility index (Phi) is 3.29. The normalized spacial score (nSPS) is 16.5. The van der Waals surface area contributed by atoms with Crippen LogP contribution in [0.2, 0.25) is 0 Å². The molecule has 0 saturated carbocycles. The monoisotopic (exact) mass is 204 g/mol. The molecule has 1 fully saturated rings. The molecule has 0 aliphatic carbocycles. The zero-order valence-corrected chi connectivity index (χ0v) is 8.76. The molecule has 0 unspecified atom stereocenters. The molecule has 0 bridgehead atoms. The standard InChI is InChI=1S/C11H16N4/c12-5-3-4-10-8-13-11(14-9-10)15-6-1-2-7-15/h3-4,8-9H,1-2,5-7,12H2. The Morgan fingerprint density at radius 1 is 1.27 bits per heavy atom. The Bertz CT molecular complexity index is 325. The fourth-order valence-corrected chi connectivity index (χ4v) is 1.70. The van der Waals surface area contributed by atoms with Gasteiger partial charge in [-0.1, -0.05) is 12.2 Å². The van der Waals surface area contributed by atoms with Crippen molar-refractivity contribution in [1.82, 2.24) is 9.97 Å². The first-order valence-electron chi connectivity index (χ1n) is 5.34. The maximum Gasteiger partial charge on any atom is 0.225 e. The van der Waals surface area contributed by atoms with Crippen LogP contribution in [0, 0.1) is 0 Å². The van der Waals surface area contributed by atoms with Gasteiger partial charge in [-0.25, -0.2) is 9.97 Å². The van der Waals surface area contributed by atoms with E-state index in [2.05, 4.69) is 14.9 Å². The summed E-state index contributed by atoms with van der Waals surface area (Å²) >= 11 is 0. The number of aromatic nitrogens is 2. The van der Waals surface area contributed by atoms with Gasteiger partial charge in [-0.2, -0.15) is 0 Å². The molecule has 15 heavy (non-hydrogen) atoms. The van der Waals surface area contributed by atoms with E-state index in [4.69, 9.17) is 5.73 Å². The second-order valence-corrected chi connectivity index (χ2v) is 3.65. The maximum atomic E-state index is 5.37. The van der Waals surface area contributed by atoms with Crippen molar-refractivity contribution in [2.24, 2.45) is 5.73 Å². The van der Waals surface area contributed by atoms with Crippen LogP contribution in [0.4, 0.5) is 5.95 Å². The summed E-state index contributed by atoms with van der Waals surface area (Å²) in [4.78, 5) is 10.9. The lowest BCUT2D eigenvalue weighted by molar-refractivity contribution is 0.897. The SMILES string of the molecule is NCC=Cc1cnc(N2CCCC2)nc1. The van der Waals surface area contributed by atoms with Gasteiger partial charge in [0.2, 0.25) is 5.95 Å². The minimum Gasteiger partial charge on any atom is -0.341 e. The summed E-state index contributed by atoms with van der Waals surface area (Å²) in [6.45, 7) is 2.71. The third-order valence-electron chi connectivity index (χ3n) is 2.49. The van der Waals surface area contributed by atoms with Crippen molar-refractivity contribution >= 4 is 12.0 Å². The van der Waals surface area contributed by atoms with Crippen LogP contribution in [0.1, 0.15) is 18.4 Å². The molecule has 0 spiro atoms. The van der Waals surface area contributed by atoms with E-state index in [1.807, 2.05) is 24.5 Å². The molecule has 0 atom stereocenters. The Hall–Kier alpha value is -1.42. The lowest BCUT2D eigenvalue weighted by atomic mass is 10.3. The Morgan fingerprint density at radius 3 is 2.53 bits per heavy atom. The van der Waals surface area contributed by atoms with Gasteiger partial charge in [-0.05, 0) is 12.8 Å². The molecule has 2 heterocycles. The first-order valence-corrected chi connectivity index (χ1v) is 5.34. The minimum absolute atomic E-state index is 0.549. The summed E-state index contributed by atoms with van der Waals surface area (Å²) in [5.74, 6) is 0.845. The predicted molar refractivity (Wildman–Crippen MR) is 61.6 cm³/mol. The van der Waals surface area contributed by atoms with E-state index in [-0.39, 0.29) is 0 Å². The third-order valence-corrected chi connectivity index (χ3v) is 2.49. The third kappa shape index (κ3) is 2.53. The van der Waals surface area contributed by atoms with E-state index in [9.17, 15) is 0 Å². The highest BCUT2D eigenvalue weighted by Gasteiger charge is 2.13. The smallest absolute Gasteiger partial charge is 0.225 e. The summed E-state index contributed by atoms with van der Waals surface area (Å²) in [5.41, 5.74) is 6.37. The fraction of sp³-hybridized carbons (Fsp3) is 0.455.